The molecule has 5 heteroatoms. The van der Waals surface area contributed by atoms with Gasteiger partial charge in [0.15, 0.2) is 5.82 Å². The molecule has 4 nitrogen and oxygen atoms in total. The van der Waals surface area contributed by atoms with Crippen molar-refractivity contribution in [2.24, 2.45) is 5.92 Å². The molecule has 2 heterocycles. The van der Waals surface area contributed by atoms with Crippen LogP contribution in [-0.2, 0) is 17.0 Å². The van der Waals surface area contributed by atoms with E-state index in [9.17, 15) is 0 Å². The van der Waals surface area contributed by atoms with E-state index in [0.717, 1.165) is 37.7 Å². The minimum absolute atomic E-state index is 0.397. The molecule has 0 spiro atoms. The molecule has 1 aliphatic rings. The molecule has 13 heavy (non-hydrogen) atoms. The summed E-state index contributed by atoms with van der Waals surface area (Å²) < 4.78 is 5.27. The maximum atomic E-state index is 5.60. The maximum absolute atomic E-state index is 5.60. The lowest BCUT2D eigenvalue weighted by Crippen LogP contribution is -2.04. The number of alkyl halides is 1. The lowest BCUT2D eigenvalue weighted by molar-refractivity contribution is 0.185. The summed E-state index contributed by atoms with van der Waals surface area (Å²) in [5.41, 5.74) is 0. The summed E-state index contributed by atoms with van der Waals surface area (Å²) in [6, 6.07) is 0. The lowest BCUT2D eigenvalue weighted by atomic mass is 10.1. The number of H-pyrrole nitrogens is 1. The van der Waals surface area contributed by atoms with Gasteiger partial charge in [-0.2, -0.15) is 5.10 Å². The van der Waals surface area contributed by atoms with E-state index >= 15 is 0 Å². The molecule has 1 unspecified atom stereocenters. The third-order valence-electron chi connectivity index (χ3n) is 2.20. The quantitative estimate of drug-likeness (QED) is 0.746. The maximum Gasteiger partial charge on any atom is 0.151 e. The first-order valence-corrected chi connectivity index (χ1v) is 4.96. The number of halogens is 1. The highest BCUT2D eigenvalue weighted by atomic mass is 35.5. The molecular weight excluding hydrogens is 190 g/mol. The molecule has 1 fully saturated rings. The van der Waals surface area contributed by atoms with Crippen molar-refractivity contribution in [1.29, 1.82) is 0 Å². The summed E-state index contributed by atoms with van der Waals surface area (Å²) in [6.07, 6.45) is 2.01. The summed E-state index contributed by atoms with van der Waals surface area (Å²) in [6.45, 7) is 1.71. The van der Waals surface area contributed by atoms with Crippen LogP contribution in [0.3, 0.4) is 0 Å². The number of aromatic nitrogens is 3. The van der Waals surface area contributed by atoms with Crippen molar-refractivity contribution in [3.63, 3.8) is 0 Å². The lowest BCUT2D eigenvalue weighted by Gasteiger charge is -2.01. The summed E-state index contributed by atoms with van der Waals surface area (Å²) in [5.74, 6) is 2.58. The Hall–Kier alpha value is -0.610. The molecule has 1 saturated heterocycles. The number of hydrogen-bond donors (Lipinski definition) is 1. The van der Waals surface area contributed by atoms with Crippen LogP contribution in [0.4, 0.5) is 0 Å². The van der Waals surface area contributed by atoms with E-state index in [-0.39, 0.29) is 0 Å². The second-order valence-electron chi connectivity index (χ2n) is 3.27. The van der Waals surface area contributed by atoms with E-state index in [1.54, 1.807) is 0 Å². The molecule has 0 amide bonds. The van der Waals surface area contributed by atoms with Crippen molar-refractivity contribution >= 4 is 11.6 Å². The van der Waals surface area contributed by atoms with Gasteiger partial charge >= 0.3 is 0 Å². The Kier molecular flexibility index (Phi) is 2.80. The van der Waals surface area contributed by atoms with Crippen LogP contribution < -0.4 is 0 Å². The standard InChI is InChI=1S/C8H12ClN3O/c9-4-8-10-7(11-12-8)3-6-1-2-13-5-6/h6H,1-5H2,(H,10,11,12). The van der Waals surface area contributed by atoms with Crippen molar-refractivity contribution in [1.82, 2.24) is 15.2 Å². The topological polar surface area (TPSA) is 50.8 Å². The molecule has 0 saturated carbocycles. The second kappa shape index (κ2) is 4.07. The van der Waals surface area contributed by atoms with Gasteiger partial charge in [-0.1, -0.05) is 0 Å². The molecule has 0 bridgehead atoms. The predicted octanol–water partition coefficient (Wildman–Crippen LogP) is 1.12. The molecule has 1 aliphatic heterocycles. The zero-order valence-electron chi connectivity index (χ0n) is 7.29. The number of rotatable bonds is 3. The molecule has 1 N–H and O–H groups in total. The molecule has 2 rings (SSSR count). The molecule has 1 atom stereocenters. The highest BCUT2D eigenvalue weighted by Crippen LogP contribution is 2.16. The average Bonchev–Trinajstić information content (AvgIpc) is 2.76. The first-order chi connectivity index (χ1) is 6.38. The van der Waals surface area contributed by atoms with E-state index in [1.807, 2.05) is 0 Å². The normalized spacial score (nSPS) is 22.4. The van der Waals surface area contributed by atoms with Crippen LogP contribution in [0.1, 0.15) is 18.1 Å². The van der Waals surface area contributed by atoms with Crippen LogP contribution in [0.2, 0.25) is 0 Å². The number of ether oxygens (including phenoxy) is 1. The Morgan fingerprint density at radius 3 is 3.15 bits per heavy atom. The van der Waals surface area contributed by atoms with Gasteiger partial charge in [0.1, 0.15) is 5.82 Å². The molecule has 1 aromatic heterocycles. The Labute approximate surface area is 81.6 Å². The van der Waals surface area contributed by atoms with Gasteiger partial charge in [-0.05, 0) is 12.3 Å². The van der Waals surface area contributed by atoms with Gasteiger partial charge < -0.3 is 4.74 Å². The first kappa shape index (κ1) is 8.97. The fraction of sp³-hybridized carbons (Fsp3) is 0.750. The van der Waals surface area contributed by atoms with Gasteiger partial charge in [-0.15, -0.1) is 11.6 Å². The highest BCUT2D eigenvalue weighted by molar-refractivity contribution is 6.16. The second-order valence-corrected chi connectivity index (χ2v) is 3.53. The van der Waals surface area contributed by atoms with Crippen molar-refractivity contribution in [2.45, 2.75) is 18.7 Å². The predicted molar refractivity (Wildman–Crippen MR) is 48.6 cm³/mol. The summed E-state index contributed by atoms with van der Waals surface area (Å²) in [4.78, 5) is 4.24. The Morgan fingerprint density at radius 2 is 2.54 bits per heavy atom. The van der Waals surface area contributed by atoms with Crippen LogP contribution in [0.5, 0.6) is 0 Å². The van der Waals surface area contributed by atoms with Crippen molar-refractivity contribution in [2.75, 3.05) is 13.2 Å². The molecule has 1 aromatic rings. The third-order valence-corrected chi connectivity index (χ3v) is 2.45. The van der Waals surface area contributed by atoms with Gasteiger partial charge in [0.05, 0.1) is 5.88 Å². The minimum atomic E-state index is 0.397. The smallest absolute Gasteiger partial charge is 0.151 e. The van der Waals surface area contributed by atoms with E-state index in [1.165, 1.54) is 0 Å². The van der Waals surface area contributed by atoms with Gasteiger partial charge in [0.2, 0.25) is 0 Å². The first-order valence-electron chi connectivity index (χ1n) is 4.42. The zero-order valence-corrected chi connectivity index (χ0v) is 8.05. The molecule has 72 valence electrons. The van der Waals surface area contributed by atoms with Crippen molar-refractivity contribution in [3.8, 4) is 0 Å². The Balaban J connectivity index is 1.92. The summed E-state index contributed by atoms with van der Waals surface area (Å²) >= 11 is 5.60. The van der Waals surface area contributed by atoms with Crippen LogP contribution in [-0.4, -0.2) is 28.4 Å². The average molecular weight is 202 g/mol. The minimum Gasteiger partial charge on any atom is -0.381 e. The molecule has 0 aliphatic carbocycles. The van der Waals surface area contributed by atoms with Gasteiger partial charge in [-0.25, -0.2) is 4.98 Å². The van der Waals surface area contributed by atoms with Crippen LogP contribution in [0, 0.1) is 5.92 Å². The third kappa shape index (κ3) is 2.19. The van der Waals surface area contributed by atoms with Gasteiger partial charge in [0.25, 0.3) is 0 Å². The Morgan fingerprint density at radius 1 is 1.62 bits per heavy atom. The number of nitrogens with one attached hydrogen (secondary N) is 1. The number of hydrogen-bond acceptors (Lipinski definition) is 3. The van der Waals surface area contributed by atoms with E-state index in [2.05, 4.69) is 15.2 Å². The zero-order chi connectivity index (χ0) is 9.10. The van der Waals surface area contributed by atoms with Crippen molar-refractivity contribution in [3.05, 3.63) is 11.6 Å². The highest BCUT2D eigenvalue weighted by Gasteiger charge is 2.17. The SMILES string of the molecule is ClCc1nc(CC2CCOC2)n[nH]1. The van der Waals surface area contributed by atoms with Crippen LogP contribution >= 0.6 is 11.6 Å². The fourth-order valence-electron chi connectivity index (χ4n) is 1.49. The summed E-state index contributed by atoms with van der Waals surface area (Å²) in [5, 5.41) is 6.87. The number of nitrogens with zero attached hydrogens (tertiary/aromatic N) is 2. The fourth-order valence-corrected chi connectivity index (χ4v) is 1.61. The molecule has 0 radical (unpaired) electrons. The van der Waals surface area contributed by atoms with Crippen molar-refractivity contribution < 1.29 is 4.74 Å². The van der Waals surface area contributed by atoms with E-state index in [0.29, 0.717) is 11.8 Å². The van der Waals surface area contributed by atoms with Gasteiger partial charge in [0, 0.05) is 19.6 Å². The molecular formula is C8H12ClN3O. The Bertz CT molecular complexity index is 270. The summed E-state index contributed by atoms with van der Waals surface area (Å²) in [7, 11) is 0. The van der Waals surface area contributed by atoms with Crippen LogP contribution in [0.25, 0.3) is 0 Å². The van der Waals surface area contributed by atoms with E-state index in [4.69, 9.17) is 16.3 Å². The largest absolute Gasteiger partial charge is 0.381 e. The monoisotopic (exact) mass is 201 g/mol. The number of aromatic amines is 1. The molecule has 0 aromatic carbocycles. The van der Waals surface area contributed by atoms with Crippen LogP contribution in [0.15, 0.2) is 0 Å². The van der Waals surface area contributed by atoms with Gasteiger partial charge in [-0.3, -0.25) is 5.10 Å². The van der Waals surface area contributed by atoms with E-state index < -0.39 is 0 Å².